The normalized spacial score (nSPS) is 13.8. The molecule has 51 heteroatoms. The van der Waals surface area contributed by atoms with E-state index < -0.39 is 116 Å². The molecule has 2 aromatic carbocycles. The number of alkyl halides is 10. The Balaban J connectivity index is 0.000000195. The molecule has 28 nitrogen and oxygen atoms in total. The maximum absolute atomic E-state index is 13.2. The monoisotopic (exact) mass is 2120 g/mol. The van der Waals surface area contributed by atoms with Crippen molar-refractivity contribution < 1.29 is 88.1 Å². The minimum atomic E-state index is -4.67. The number of carboxylic acids is 1. The van der Waals surface area contributed by atoms with Crippen LogP contribution in [0.4, 0.5) is 39.5 Å². The van der Waals surface area contributed by atoms with E-state index in [-0.39, 0.29) is 84.4 Å². The maximum atomic E-state index is 13.2. The molecule has 2 amide bonds. The van der Waals surface area contributed by atoms with Gasteiger partial charge < -0.3 is 39.7 Å². The number of carbonyl (C=O) groups excluding carboxylic acids is 4. The number of aliphatic carboxylic acids is 1. The van der Waals surface area contributed by atoms with Crippen LogP contribution >= 0.6 is 172 Å². The number of rotatable bonds is 13. The highest BCUT2D eigenvalue weighted by Gasteiger charge is 2.47. The van der Waals surface area contributed by atoms with E-state index in [2.05, 4.69) is 120 Å². The largest absolute Gasteiger partial charge is 0.488 e. The number of aromatic nitrogens is 10. The van der Waals surface area contributed by atoms with E-state index in [9.17, 15) is 87.5 Å². The van der Waals surface area contributed by atoms with E-state index in [0.717, 1.165) is 80.6 Å². The summed E-state index contributed by atoms with van der Waals surface area (Å²) < 4.78 is 133. The molecule has 0 spiro atoms. The number of fused-ring (bicyclic) bond motifs is 5. The lowest BCUT2D eigenvalue weighted by atomic mass is 9.80. The Hall–Kier alpha value is -7.43. The Morgan fingerprint density at radius 1 is 0.551 bits per heavy atom. The third kappa shape index (κ3) is 26.1. The van der Waals surface area contributed by atoms with Crippen LogP contribution in [0.25, 0.3) is 61.6 Å². The molecular formula is C67H57BBr5Cl3F9N13O15S5. The minimum Gasteiger partial charge on any atom is -0.480 e. The first kappa shape index (κ1) is 97.7. The fraction of sp³-hybridized carbons (Fsp3) is 0.299. The number of aromatic amines is 1. The number of ether oxygens (including phenoxy) is 2. The molecule has 3 aliphatic heterocycles. The molecule has 5 N–H and O–H groups in total. The first-order valence-corrected chi connectivity index (χ1v) is 42.4. The third-order valence-corrected chi connectivity index (χ3v) is 25.1. The smallest absolute Gasteiger partial charge is 0.480 e. The van der Waals surface area contributed by atoms with Crippen molar-refractivity contribution in [3.8, 4) is 11.1 Å². The number of esters is 2. The summed E-state index contributed by atoms with van der Waals surface area (Å²) >= 11 is 34.2. The molecule has 632 valence electrons. The van der Waals surface area contributed by atoms with Crippen LogP contribution in [0.3, 0.4) is 0 Å². The molecule has 0 unspecified atom stereocenters. The van der Waals surface area contributed by atoms with Gasteiger partial charge in [0.05, 0.1) is 144 Å². The fourth-order valence-corrected chi connectivity index (χ4v) is 17.7. The summed E-state index contributed by atoms with van der Waals surface area (Å²) in [4.78, 5) is 118. The molecule has 3 saturated heterocycles. The molecule has 0 bridgehead atoms. The first-order chi connectivity index (χ1) is 55.0. The average Bonchev–Trinajstić information content (AvgIpc) is 1.49. The number of aryl methyl sites for hydroxylation is 1. The molecule has 13 heterocycles. The van der Waals surface area contributed by atoms with E-state index in [1.54, 1.807) is 55.2 Å². The van der Waals surface area contributed by atoms with Crippen molar-refractivity contribution in [3.63, 3.8) is 0 Å². The molecule has 118 heavy (non-hydrogen) atoms. The van der Waals surface area contributed by atoms with Gasteiger partial charge in [0.1, 0.15) is 31.5 Å². The van der Waals surface area contributed by atoms with E-state index in [1.807, 2.05) is 17.7 Å². The first-order valence-electron chi connectivity index (χ1n) is 32.9. The SMILES string of the molecule is CCOC(=O)CBr.CCOC(=O)Cn1ncc2scc(Br)c2c1=O.Cc1cc(B(O)O)ccc1Cl.Cl.FC1(F)CNC1.O=C(Cn1ncc2scc(-c3ccc(Cl)c(C(F)(F)F)c3)c2c1=O)N1CC(F)(F)C1.O=C(Cn1ncc2scc(Br)c2c1=O)N1CC(F)(F)C1.O=C(O)Cn1ncc2scc(Br)c2c1=O.O=c1[nH]ncc2scc(Br)c12. The van der Waals surface area contributed by atoms with Gasteiger partial charge in [-0.3, -0.25) is 47.9 Å². The van der Waals surface area contributed by atoms with E-state index >= 15 is 0 Å². The van der Waals surface area contributed by atoms with Gasteiger partial charge in [-0.15, -0.1) is 69.1 Å². The predicted molar refractivity (Wildman–Crippen MR) is 451 cm³/mol. The summed E-state index contributed by atoms with van der Waals surface area (Å²) in [5.41, 5.74) is -1.29. The van der Waals surface area contributed by atoms with Gasteiger partial charge in [-0.1, -0.05) is 57.3 Å². The Labute approximate surface area is 735 Å². The summed E-state index contributed by atoms with van der Waals surface area (Å²) in [6, 6.07) is 8.17. The fourth-order valence-electron chi connectivity index (χ4n) is 9.94. The van der Waals surface area contributed by atoms with Crippen molar-refractivity contribution in [2.75, 3.05) is 57.8 Å². The van der Waals surface area contributed by atoms with E-state index in [4.69, 9.17) is 43.1 Å². The standard InChI is InChI=1S/C18H11ClF5N3O2S.C11H8BrF2N3O2S.C10H9BrN2O3S.C8H5BrN2O3S.C7H8BClO2.C6H3BrN2OS.C4H7BrO2.C3H5F2N.ClH/c19-12-2-1-9(3-11(12)18(22,23)24)10-6-30-13-4-25-27(16(29)15(10)13)5-14(28)26-7-17(20,21)8-26;12-6-3-20-7-1-15-17(10(19)9(6)7)2-8(18)16-4-11(13,14)5-16;1-2-16-8(14)4-13-10(15)9-6(11)5-17-7(9)3-12-13;9-4-3-15-5-1-10-11(2-6(12)13)8(14)7(4)5;1-5-4-6(8(10)11)2-3-7(5)9;7-3-2-11-4-1-8-9-6(10)5(3)4;1-2-7-4(6)3-5;4-3(5)1-6-2-3;/h1-4,6H,5,7-8H2;1,3H,2,4-5H2;3,5H,2,4H2,1H3;1,3H,2H2,(H,12,13);2-4,10-11H,1H3;1-2H,(H,9,10);2-3H2,1H3;6H,1-2H2;1H. The lowest BCUT2D eigenvalue weighted by Crippen LogP contribution is -2.59. The molecule has 12 aromatic rings. The summed E-state index contributed by atoms with van der Waals surface area (Å²) in [6.45, 7) is 1.71. The zero-order valence-electron chi connectivity index (χ0n) is 60.2. The molecule has 15 rings (SSSR count). The van der Waals surface area contributed by atoms with Crippen LogP contribution in [-0.4, -0.2) is 187 Å². The van der Waals surface area contributed by atoms with Crippen molar-refractivity contribution in [2.24, 2.45) is 0 Å². The number of carbonyl (C=O) groups is 5. The predicted octanol–water partition coefficient (Wildman–Crippen LogP) is 12.7. The number of halogens is 17. The molecule has 0 saturated carbocycles. The number of benzene rings is 2. The molecule has 3 fully saturated rings. The van der Waals surface area contributed by atoms with Gasteiger partial charge in [0, 0.05) is 55.4 Å². The average molecular weight is 2130 g/mol. The lowest BCUT2D eigenvalue weighted by Gasteiger charge is -2.38. The Morgan fingerprint density at radius 3 is 1.30 bits per heavy atom. The van der Waals surface area contributed by atoms with Gasteiger partial charge in [-0.25, -0.2) is 50.2 Å². The van der Waals surface area contributed by atoms with Crippen LogP contribution in [0.1, 0.15) is 25.0 Å². The molecule has 10 aromatic heterocycles. The maximum Gasteiger partial charge on any atom is 0.488 e. The van der Waals surface area contributed by atoms with E-state index in [1.165, 1.54) is 75.4 Å². The highest BCUT2D eigenvalue weighted by Crippen LogP contribution is 2.40. The highest BCUT2D eigenvalue weighted by atomic mass is 79.9. The molecule has 0 aliphatic carbocycles. The van der Waals surface area contributed by atoms with Crippen LogP contribution < -0.4 is 38.6 Å². The van der Waals surface area contributed by atoms with Crippen LogP contribution in [0.15, 0.2) is 136 Å². The number of hydrogen-bond donors (Lipinski definition) is 5. The Bertz CT molecular complexity index is 5960. The van der Waals surface area contributed by atoms with Crippen LogP contribution in [-0.2, 0) is 65.8 Å². The van der Waals surface area contributed by atoms with Crippen molar-refractivity contribution in [2.45, 2.75) is 70.9 Å². The second kappa shape index (κ2) is 42.9. The topological polar surface area (TPSA) is 368 Å². The number of nitrogens with one attached hydrogen (secondary N) is 2. The number of carboxylic acid groups (broad SMARTS) is 1. The minimum absolute atomic E-state index is 0. The van der Waals surface area contributed by atoms with Gasteiger partial charge in [0.15, 0.2) is 0 Å². The molecular weight excluding hydrogens is 2070 g/mol. The number of hydrogen-bond acceptors (Lipinski definition) is 25. The van der Waals surface area contributed by atoms with Crippen LogP contribution in [0, 0.1) is 6.92 Å². The van der Waals surface area contributed by atoms with E-state index in [0.29, 0.717) is 62.3 Å². The molecule has 3 aliphatic rings. The Kier molecular flexibility index (Phi) is 35.5. The van der Waals surface area contributed by atoms with Gasteiger partial charge in [-0.05, 0) is 119 Å². The molecule has 0 radical (unpaired) electrons. The number of amides is 2. The number of H-pyrrole nitrogens is 1. The zero-order valence-corrected chi connectivity index (χ0v) is 74.5. The summed E-state index contributed by atoms with van der Waals surface area (Å²) in [7, 11) is -1.41. The summed E-state index contributed by atoms with van der Waals surface area (Å²) in [6.07, 6.45) is 2.84. The quantitative estimate of drug-likeness (QED) is 0.0310. The van der Waals surface area contributed by atoms with Crippen LogP contribution in [0.5, 0.6) is 0 Å². The number of nitrogens with zero attached hydrogens (tertiary/aromatic N) is 11. The highest BCUT2D eigenvalue weighted by molar-refractivity contribution is 9.11. The zero-order chi connectivity index (χ0) is 86.3. The van der Waals surface area contributed by atoms with Crippen molar-refractivity contribution in [3.05, 3.63) is 185 Å². The van der Waals surface area contributed by atoms with Crippen molar-refractivity contribution in [1.29, 1.82) is 0 Å². The Morgan fingerprint density at radius 2 is 0.932 bits per heavy atom. The summed E-state index contributed by atoms with van der Waals surface area (Å²) in [5, 5.41) is 61.5. The second-order valence-electron chi connectivity index (χ2n) is 24.2. The number of thiophene rings is 5. The second-order valence-corrected chi connectivity index (χ2v) is 33.5. The van der Waals surface area contributed by atoms with Gasteiger partial charge in [-0.2, -0.15) is 38.7 Å². The van der Waals surface area contributed by atoms with Gasteiger partial charge >= 0.3 is 31.2 Å². The summed E-state index contributed by atoms with van der Waals surface area (Å²) in [5.74, 6) is -11.1. The van der Waals surface area contributed by atoms with Crippen molar-refractivity contribution in [1.82, 2.24) is 64.4 Å². The lowest BCUT2D eigenvalue weighted by molar-refractivity contribution is -0.166. The van der Waals surface area contributed by atoms with Gasteiger partial charge in [0.25, 0.3) is 45.6 Å². The van der Waals surface area contributed by atoms with Crippen molar-refractivity contribution >= 4 is 265 Å². The molecule has 0 atom stereocenters. The number of likely N-dealkylation sites (tertiary alicyclic amines) is 2. The van der Waals surface area contributed by atoms with Gasteiger partial charge in [0.2, 0.25) is 11.8 Å². The van der Waals surface area contributed by atoms with Crippen LogP contribution in [0.2, 0.25) is 10.0 Å². The third-order valence-electron chi connectivity index (χ3n) is 15.6.